The van der Waals surface area contributed by atoms with Crippen LogP contribution in [-0.2, 0) is 36.8 Å². The van der Waals surface area contributed by atoms with Gasteiger partial charge in [0.05, 0.1) is 13.0 Å². The second kappa shape index (κ2) is 7.89. The van der Waals surface area contributed by atoms with E-state index in [9.17, 15) is 18.0 Å². The molecule has 1 heterocycles. The minimum atomic E-state index is -4.44. The Bertz CT molecular complexity index is 1030. The number of carbonyl (C=O) groups excluding carboxylic acids is 1. The maximum Gasteiger partial charge on any atom is 0.435 e. The van der Waals surface area contributed by atoms with E-state index in [1.807, 2.05) is 42.5 Å². The Morgan fingerprint density at radius 2 is 1.83 bits per heavy atom. The Labute approximate surface area is 166 Å². The van der Waals surface area contributed by atoms with E-state index in [1.54, 1.807) is 0 Å². The maximum absolute atomic E-state index is 13.3. The van der Waals surface area contributed by atoms with Gasteiger partial charge in [0.25, 0.3) is 0 Å². The standard InChI is InChI=1S/C22H22F3N3O/c23-22(24,25)21-18-10-3-4-11-19(18)28(27-21)13-12-26-20(29)14-16-8-5-7-15-6-1-2-9-17(15)16/h1-2,5-9H,3-4,10-14H2,(H,26,29). The number of nitrogens with zero attached hydrogens (tertiary/aromatic N) is 2. The average Bonchev–Trinajstić information content (AvgIpc) is 3.08. The zero-order valence-corrected chi connectivity index (χ0v) is 15.9. The molecular weight excluding hydrogens is 379 g/mol. The molecule has 4 rings (SSSR count). The Hall–Kier alpha value is -2.83. The maximum atomic E-state index is 13.3. The minimum absolute atomic E-state index is 0.154. The van der Waals surface area contributed by atoms with Crippen LogP contribution in [0.25, 0.3) is 10.8 Å². The van der Waals surface area contributed by atoms with Gasteiger partial charge in [0.15, 0.2) is 5.69 Å². The van der Waals surface area contributed by atoms with E-state index in [4.69, 9.17) is 0 Å². The van der Waals surface area contributed by atoms with E-state index in [2.05, 4.69) is 10.4 Å². The van der Waals surface area contributed by atoms with Crippen LogP contribution in [0.15, 0.2) is 42.5 Å². The number of hydrogen-bond donors (Lipinski definition) is 1. The third-order valence-corrected chi connectivity index (χ3v) is 5.40. The fraction of sp³-hybridized carbons (Fsp3) is 0.364. The van der Waals surface area contributed by atoms with Crippen molar-refractivity contribution in [2.24, 2.45) is 0 Å². The lowest BCUT2D eigenvalue weighted by Crippen LogP contribution is -2.29. The summed E-state index contributed by atoms with van der Waals surface area (Å²) in [6, 6.07) is 13.7. The number of rotatable bonds is 5. The summed E-state index contributed by atoms with van der Waals surface area (Å²) < 4.78 is 41.2. The highest BCUT2D eigenvalue weighted by Gasteiger charge is 2.39. The monoisotopic (exact) mass is 401 g/mol. The molecule has 1 aliphatic rings. The van der Waals surface area contributed by atoms with Gasteiger partial charge in [-0.25, -0.2) is 0 Å². The molecule has 0 saturated heterocycles. The predicted octanol–water partition coefficient (Wildman–Crippen LogP) is 4.29. The zero-order valence-electron chi connectivity index (χ0n) is 15.9. The van der Waals surface area contributed by atoms with Gasteiger partial charge in [-0.3, -0.25) is 9.48 Å². The summed E-state index contributed by atoms with van der Waals surface area (Å²) in [5, 5.41) is 8.74. The first-order chi connectivity index (χ1) is 13.9. The van der Waals surface area contributed by atoms with Gasteiger partial charge in [0.2, 0.25) is 5.91 Å². The van der Waals surface area contributed by atoms with Crippen molar-refractivity contribution in [2.75, 3.05) is 6.54 Å². The molecular formula is C22H22F3N3O. The Balaban J connectivity index is 1.41. The van der Waals surface area contributed by atoms with Crippen LogP contribution in [0.5, 0.6) is 0 Å². The molecule has 0 unspecified atom stereocenters. The first kappa shape index (κ1) is 19.5. The molecule has 1 aliphatic carbocycles. The molecule has 0 spiro atoms. The third kappa shape index (κ3) is 4.13. The second-order valence-corrected chi connectivity index (χ2v) is 7.37. The van der Waals surface area contributed by atoms with Crippen LogP contribution in [0.2, 0.25) is 0 Å². The summed E-state index contributed by atoms with van der Waals surface area (Å²) in [7, 11) is 0. The number of amides is 1. The molecule has 1 amide bonds. The Morgan fingerprint density at radius 1 is 1.07 bits per heavy atom. The summed E-state index contributed by atoms with van der Waals surface area (Å²) in [5.74, 6) is -0.154. The SMILES string of the molecule is O=C(Cc1cccc2ccccc12)NCCn1nc(C(F)(F)F)c2c1CCCC2. The van der Waals surface area contributed by atoms with Crippen molar-refractivity contribution >= 4 is 16.7 Å². The van der Waals surface area contributed by atoms with E-state index in [-0.39, 0.29) is 25.4 Å². The summed E-state index contributed by atoms with van der Waals surface area (Å²) in [6.07, 6.45) is -1.58. The number of fused-ring (bicyclic) bond motifs is 2. The zero-order chi connectivity index (χ0) is 20.4. The molecule has 2 aromatic carbocycles. The molecule has 29 heavy (non-hydrogen) atoms. The highest BCUT2D eigenvalue weighted by molar-refractivity contribution is 5.90. The summed E-state index contributed by atoms with van der Waals surface area (Å²) in [4.78, 5) is 12.4. The normalized spacial score (nSPS) is 14.0. The van der Waals surface area contributed by atoms with Crippen molar-refractivity contribution in [3.05, 3.63) is 65.0 Å². The second-order valence-electron chi connectivity index (χ2n) is 7.37. The molecule has 0 aliphatic heterocycles. The van der Waals surface area contributed by atoms with Crippen LogP contribution in [0, 0.1) is 0 Å². The first-order valence-electron chi connectivity index (χ1n) is 9.82. The molecule has 4 nitrogen and oxygen atoms in total. The fourth-order valence-electron chi connectivity index (χ4n) is 4.07. The van der Waals surface area contributed by atoms with Gasteiger partial charge in [-0.2, -0.15) is 18.3 Å². The topological polar surface area (TPSA) is 46.9 Å². The minimum Gasteiger partial charge on any atom is -0.354 e. The van der Waals surface area contributed by atoms with Crippen molar-refractivity contribution in [1.82, 2.24) is 15.1 Å². The number of benzene rings is 2. The summed E-state index contributed by atoms with van der Waals surface area (Å²) >= 11 is 0. The number of halogens is 3. The van der Waals surface area contributed by atoms with Crippen molar-refractivity contribution in [1.29, 1.82) is 0 Å². The van der Waals surface area contributed by atoms with E-state index < -0.39 is 11.9 Å². The Morgan fingerprint density at radius 3 is 2.66 bits per heavy atom. The van der Waals surface area contributed by atoms with Gasteiger partial charge in [-0.15, -0.1) is 0 Å². The number of aromatic nitrogens is 2. The summed E-state index contributed by atoms with van der Waals surface area (Å²) in [5.41, 5.74) is 1.14. The lowest BCUT2D eigenvalue weighted by atomic mass is 9.95. The number of nitrogens with one attached hydrogen (secondary N) is 1. The molecule has 0 fully saturated rings. The van der Waals surface area contributed by atoms with Crippen molar-refractivity contribution < 1.29 is 18.0 Å². The lowest BCUT2D eigenvalue weighted by molar-refractivity contribution is -0.142. The van der Waals surface area contributed by atoms with Crippen LogP contribution in [-0.4, -0.2) is 22.2 Å². The summed E-state index contributed by atoms with van der Waals surface area (Å²) in [6.45, 7) is 0.481. The van der Waals surface area contributed by atoms with Crippen LogP contribution in [0.3, 0.4) is 0 Å². The van der Waals surface area contributed by atoms with Crippen molar-refractivity contribution in [3.63, 3.8) is 0 Å². The van der Waals surface area contributed by atoms with Gasteiger partial charge in [0.1, 0.15) is 0 Å². The van der Waals surface area contributed by atoms with E-state index in [0.717, 1.165) is 29.2 Å². The molecule has 1 aromatic heterocycles. The van der Waals surface area contributed by atoms with Gasteiger partial charge < -0.3 is 5.32 Å². The van der Waals surface area contributed by atoms with Crippen LogP contribution >= 0.6 is 0 Å². The van der Waals surface area contributed by atoms with E-state index in [1.165, 1.54) is 4.68 Å². The molecule has 0 radical (unpaired) electrons. The number of carbonyl (C=O) groups is 1. The van der Waals surface area contributed by atoms with Crippen LogP contribution in [0.4, 0.5) is 13.2 Å². The molecule has 0 saturated carbocycles. The predicted molar refractivity (Wildman–Crippen MR) is 105 cm³/mol. The van der Waals surface area contributed by atoms with Gasteiger partial charge >= 0.3 is 6.18 Å². The highest BCUT2D eigenvalue weighted by Crippen LogP contribution is 2.35. The lowest BCUT2D eigenvalue weighted by Gasteiger charge is -2.15. The quantitative estimate of drug-likeness (QED) is 0.693. The van der Waals surface area contributed by atoms with Crippen LogP contribution < -0.4 is 5.32 Å². The largest absolute Gasteiger partial charge is 0.435 e. The van der Waals surface area contributed by atoms with Crippen molar-refractivity contribution in [3.8, 4) is 0 Å². The Kier molecular flexibility index (Phi) is 5.30. The molecule has 152 valence electrons. The molecule has 0 atom stereocenters. The molecule has 7 heteroatoms. The van der Waals surface area contributed by atoms with E-state index >= 15 is 0 Å². The van der Waals surface area contributed by atoms with E-state index in [0.29, 0.717) is 24.1 Å². The number of hydrogen-bond acceptors (Lipinski definition) is 2. The van der Waals surface area contributed by atoms with Crippen LogP contribution in [0.1, 0.15) is 35.4 Å². The van der Waals surface area contributed by atoms with Gasteiger partial charge in [-0.05, 0) is 42.0 Å². The average molecular weight is 401 g/mol. The number of alkyl halides is 3. The van der Waals surface area contributed by atoms with Gasteiger partial charge in [0, 0.05) is 17.8 Å². The van der Waals surface area contributed by atoms with Gasteiger partial charge in [-0.1, -0.05) is 42.5 Å². The molecule has 1 N–H and O–H groups in total. The first-order valence-corrected chi connectivity index (χ1v) is 9.82. The molecule has 3 aromatic rings. The fourth-order valence-corrected chi connectivity index (χ4v) is 4.07. The third-order valence-electron chi connectivity index (χ3n) is 5.40. The molecule has 0 bridgehead atoms. The van der Waals surface area contributed by atoms with Crippen molar-refractivity contribution in [2.45, 2.75) is 44.8 Å². The smallest absolute Gasteiger partial charge is 0.354 e. The highest BCUT2D eigenvalue weighted by atomic mass is 19.4.